The fourth-order valence-electron chi connectivity index (χ4n) is 2.55. The average molecular weight is 476 g/mol. The normalized spacial score (nSPS) is 12.3. The van der Waals surface area contributed by atoms with Gasteiger partial charge in [-0.2, -0.15) is 0 Å². The van der Waals surface area contributed by atoms with Crippen LogP contribution < -0.4 is 5.73 Å². The van der Waals surface area contributed by atoms with Crippen molar-refractivity contribution in [1.29, 1.82) is 0 Å². The van der Waals surface area contributed by atoms with Crippen molar-refractivity contribution in [2.45, 2.75) is 16.5 Å². The van der Waals surface area contributed by atoms with Crippen LogP contribution in [0.5, 0.6) is 0 Å². The average Bonchev–Trinajstić information content (AvgIpc) is 3.35. The lowest BCUT2D eigenvalue weighted by Crippen LogP contribution is -2.09. The van der Waals surface area contributed by atoms with Crippen molar-refractivity contribution in [2.75, 3.05) is 24.7 Å². The van der Waals surface area contributed by atoms with E-state index in [0.717, 1.165) is 4.90 Å². The van der Waals surface area contributed by atoms with Crippen LogP contribution in [0.3, 0.4) is 0 Å². The number of halogens is 1. The summed E-state index contributed by atoms with van der Waals surface area (Å²) in [6, 6.07) is 8.01. The number of thioether (sulfide) groups is 2. The molecule has 0 spiro atoms. The Morgan fingerprint density at radius 3 is 2.66 bits per heavy atom. The first-order valence-corrected chi connectivity index (χ1v) is 11.6. The Morgan fingerprint density at radius 2 is 1.94 bits per heavy atom. The number of allylic oxidation sites excluding steroid dienone is 1. The molecule has 11 heteroatoms. The van der Waals surface area contributed by atoms with Crippen LogP contribution in [0.4, 0.5) is 4.39 Å². The van der Waals surface area contributed by atoms with E-state index in [2.05, 4.69) is 20.1 Å². The summed E-state index contributed by atoms with van der Waals surface area (Å²) in [6.07, 6.45) is 4.61. The predicted molar refractivity (Wildman–Crippen MR) is 123 cm³/mol. The molecule has 3 rings (SSSR count). The number of hydrogen-bond donors (Lipinski definition) is 3. The Balaban J connectivity index is 1.91. The van der Waals surface area contributed by atoms with E-state index in [0.29, 0.717) is 33.5 Å². The standard InChI is InChI=1S/C21H22FN5O3S2/c22-15-4-2-1-3-14(15)12-24-18(17-5-8-30-27-17)11-16(23)20-25-13-19(31-9-6-28)21(26-20)32-10-7-29/h1-5,8,11,13,28-29H,6-7,9-10,12,23H2. The second-order valence-corrected chi connectivity index (χ2v) is 8.50. The molecule has 0 aliphatic heterocycles. The second-order valence-electron chi connectivity index (χ2n) is 6.28. The molecule has 168 valence electrons. The Bertz CT molecular complexity index is 1080. The van der Waals surface area contributed by atoms with Gasteiger partial charge < -0.3 is 20.5 Å². The first-order chi connectivity index (χ1) is 15.6. The van der Waals surface area contributed by atoms with Crippen LogP contribution in [0.1, 0.15) is 17.1 Å². The minimum absolute atomic E-state index is 0.00155. The minimum atomic E-state index is -0.349. The van der Waals surface area contributed by atoms with E-state index in [-0.39, 0.29) is 37.1 Å². The summed E-state index contributed by atoms with van der Waals surface area (Å²) < 4.78 is 18.9. The molecule has 8 nitrogen and oxygen atoms in total. The lowest BCUT2D eigenvalue weighted by Gasteiger charge is -2.09. The number of benzene rings is 1. The number of nitrogens with two attached hydrogens (primary N) is 1. The van der Waals surface area contributed by atoms with Gasteiger partial charge in [0.25, 0.3) is 0 Å². The van der Waals surface area contributed by atoms with Crippen LogP contribution in [-0.4, -0.2) is 55.8 Å². The lowest BCUT2D eigenvalue weighted by atomic mass is 10.2. The highest BCUT2D eigenvalue weighted by atomic mass is 32.2. The van der Waals surface area contributed by atoms with Crippen molar-refractivity contribution < 1.29 is 19.1 Å². The highest BCUT2D eigenvalue weighted by Crippen LogP contribution is 2.29. The van der Waals surface area contributed by atoms with Crippen LogP contribution in [0.15, 0.2) is 68.3 Å². The number of nitrogens with zero attached hydrogens (tertiary/aromatic N) is 4. The third kappa shape index (κ3) is 6.63. The fraction of sp³-hybridized carbons (Fsp3) is 0.238. The molecule has 0 radical (unpaired) electrons. The van der Waals surface area contributed by atoms with Crippen LogP contribution in [-0.2, 0) is 6.54 Å². The molecule has 0 saturated heterocycles. The summed E-state index contributed by atoms with van der Waals surface area (Å²) in [5, 5.41) is 22.8. The van der Waals surface area contributed by atoms with Gasteiger partial charge in [-0.1, -0.05) is 23.4 Å². The third-order valence-corrected chi connectivity index (χ3v) is 6.13. The zero-order chi connectivity index (χ0) is 22.8. The molecule has 0 amide bonds. The molecular formula is C21H22FN5O3S2. The predicted octanol–water partition coefficient (Wildman–Crippen LogP) is 2.76. The van der Waals surface area contributed by atoms with Crippen LogP contribution >= 0.6 is 23.5 Å². The van der Waals surface area contributed by atoms with Gasteiger partial charge in [0.05, 0.1) is 36.1 Å². The van der Waals surface area contributed by atoms with Gasteiger partial charge in [0, 0.05) is 29.3 Å². The van der Waals surface area contributed by atoms with E-state index >= 15 is 0 Å². The maximum absolute atomic E-state index is 14.0. The van der Waals surface area contributed by atoms with E-state index in [4.69, 9.17) is 20.5 Å². The largest absolute Gasteiger partial charge is 0.396 e. The molecular weight excluding hydrogens is 453 g/mol. The summed E-state index contributed by atoms with van der Waals surface area (Å²) in [5.74, 6) is 0.888. The second kappa shape index (κ2) is 12.3. The monoisotopic (exact) mass is 475 g/mol. The van der Waals surface area contributed by atoms with E-state index in [1.807, 2.05) is 0 Å². The first-order valence-electron chi connectivity index (χ1n) is 9.63. The molecule has 0 aliphatic carbocycles. The maximum atomic E-state index is 14.0. The minimum Gasteiger partial charge on any atom is -0.396 e. The Kier molecular flexibility index (Phi) is 9.23. The Labute approximate surface area is 192 Å². The molecule has 1 aromatic carbocycles. The van der Waals surface area contributed by atoms with E-state index in [1.54, 1.807) is 36.5 Å². The van der Waals surface area contributed by atoms with Gasteiger partial charge in [-0.3, -0.25) is 4.99 Å². The highest BCUT2D eigenvalue weighted by Gasteiger charge is 2.13. The van der Waals surface area contributed by atoms with E-state index < -0.39 is 0 Å². The molecule has 4 N–H and O–H groups in total. The molecule has 0 saturated carbocycles. The fourth-order valence-corrected chi connectivity index (χ4v) is 4.14. The van der Waals surface area contributed by atoms with E-state index in [9.17, 15) is 4.39 Å². The van der Waals surface area contributed by atoms with Crippen LogP contribution in [0, 0.1) is 5.82 Å². The van der Waals surface area contributed by atoms with Gasteiger partial charge in [-0.05, 0) is 12.1 Å². The molecule has 0 unspecified atom stereocenters. The topological polar surface area (TPSA) is 131 Å². The number of aliphatic hydroxyl groups is 2. The van der Waals surface area contributed by atoms with Gasteiger partial charge in [-0.15, -0.1) is 23.5 Å². The van der Waals surface area contributed by atoms with Crippen molar-refractivity contribution in [3.63, 3.8) is 0 Å². The number of hydrogen-bond acceptors (Lipinski definition) is 10. The van der Waals surface area contributed by atoms with E-state index in [1.165, 1.54) is 35.9 Å². The van der Waals surface area contributed by atoms with Crippen molar-refractivity contribution in [2.24, 2.45) is 10.7 Å². The summed E-state index contributed by atoms with van der Waals surface area (Å²) >= 11 is 2.79. The Hall–Kier alpha value is -2.73. The zero-order valence-corrected chi connectivity index (χ0v) is 18.7. The van der Waals surface area contributed by atoms with Crippen molar-refractivity contribution >= 4 is 34.9 Å². The van der Waals surface area contributed by atoms with Gasteiger partial charge in [0.15, 0.2) is 5.82 Å². The summed E-state index contributed by atoms with van der Waals surface area (Å²) in [5.41, 5.74) is 7.78. The third-order valence-electron chi connectivity index (χ3n) is 4.03. The lowest BCUT2D eigenvalue weighted by molar-refractivity contribution is 0.322. The van der Waals surface area contributed by atoms with Crippen molar-refractivity contribution in [1.82, 2.24) is 15.1 Å². The number of aliphatic imine (C=N–C) groups is 1. The zero-order valence-electron chi connectivity index (χ0n) is 17.0. The molecule has 2 heterocycles. The summed E-state index contributed by atoms with van der Waals surface area (Å²) in [7, 11) is 0. The van der Waals surface area contributed by atoms with Gasteiger partial charge >= 0.3 is 0 Å². The number of aliphatic hydroxyl groups excluding tert-OH is 2. The van der Waals surface area contributed by atoms with Gasteiger partial charge in [-0.25, -0.2) is 14.4 Å². The molecule has 2 aromatic heterocycles. The summed E-state index contributed by atoms with van der Waals surface area (Å²) in [6.45, 7) is 0.115. The quantitative estimate of drug-likeness (QED) is 0.218. The van der Waals surface area contributed by atoms with Gasteiger partial charge in [0.1, 0.15) is 22.8 Å². The molecule has 0 fully saturated rings. The van der Waals surface area contributed by atoms with Crippen LogP contribution in [0.25, 0.3) is 5.70 Å². The molecule has 32 heavy (non-hydrogen) atoms. The van der Waals surface area contributed by atoms with Gasteiger partial charge in [0.2, 0.25) is 0 Å². The van der Waals surface area contributed by atoms with Crippen molar-refractivity contribution in [3.8, 4) is 0 Å². The summed E-state index contributed by atoms with van der Waals surface area (Å²) in [4.78, 5) is 14.1. The number of aromatic nitrogens is 3. The smallest absolute Gasteiger partial charge is 0.176 e. The first kappa shape index (κ1) is 23.9. The van der Waals surface area contributed by atoms with Crippen molar-refractivity contribution in [3.05, 3.63) is 71.8 Å². The molecule has 3 aromatic rings. The highest BCUT2D eigenvalue weighted by molar-refractivity contribution is 8.02. The molecule has 0 aliphatic rings. The van der Waals surface area contributed by atoms with Crippen LogP contribution in [0.2, 0.25) is 0 Å². The Morgan fingerprint density at radius 1 is 1.16 bits per heavy atom. The SMILES string of the molecule is NC(=CC(=NCc1ccccc1F)c1ccon1)c1ncc(SCCO)c(SCCO)n1. The number of rotatable bonds is 11. The maximum Gasteiger partial charge on any atom is 0.176 e. The molecule has 0 atom stereocenters. The molecule has 0 bridgehead atoms.